The number of ether oxygens (including phenoxy) is 1. The zero-order valence-corrected chi connectivity index (χ0v) is 9.27. The molecule has 0 fully saturated rings. The number of hydrogen-bond acceptors (Lipinski definition) is 5. The molecule has 0 aliphatic heterocycles. The predicted molar refractivity (Wildman–Crippen MR) is 61.8 cm³/mol. The monoisotopic (exact) mass is 257 g/mol. The van der Waals surface area contributed by atoms with Crippen LogP contribution < -0.4 is 16.8 Å². The van der Waals surface area contributed by atoms with Crippen molar-refractivity contribution in [1.82, 2.24) is 0 Å². The molecular formula is C10H12FN3O4. The number of primary amides is 1. The van der Waals surface area contributed by atoms with Crippen LogP contribution in [0.4, 0.5) is 20.6 Å². The predicted octanol–water partition coefficient (Wildman–Crippen LogP) is 0.613. The third kappa shape index (κ3) is 3.51. The Hall–Kier alpha value is -2.51. The van der Waals surface area contributed by atoms with Gasteiger partial charge in [-0.05, 0) is 12.1 Å². The number of carbonyl (C=O) groups is 2. The fourth-order valence-corrected chi connectivity index (χ4v) is 1.25. The lowest BCUT2D eigenvalue weighted by atomic mass is 10.1. The van der Waals surface area contributed by atoms with Crippen molar-refractivity contribution in [2.75, 3.05) is 24.2 Å². The molecule has 1 amide bonds. The number of nitrogen functional groups attached to an aromatic ring is 1. The number of amides is 1. The molecule has 6 N–H and O–H groups in total. The van der Waals surface area contributed by atoms with Crippen molar-refractivity contribution in [2.45, 2.75) is 0 Å². The summed E-state index contributed by atoms with van der Waals surface area (Å²) >= 11 is 0. The number of benzene rings is 1. The van der Waals surface area contributed by atoms with Gasteiger partial charge in [-0.25, -0.2) is 14.0 Å². The summed E-state index contributed by atoms with van der Waals surface area (Å²) in [7, 11) is 0. The van der Waals surface area contributed by atoms with Gasteiger partial charge >= 0.3 is 12.1 Å². The maximum Gasteiger partial charge on any atom is 0.404 e. The van der Waals surface area contributed by atoms with Gasteiger partial charge in [0.1, 0.15) is 12.4 Å². The Morgan fingerprint density at radius 1 is 1.44 bits per heavy atom. The number of carbonyl (C=O) groups excluding carboxylic acids is 1. The van der Waals surface area contributed by atoms with Crippen LogP contribution in [-0.4, -0.2) is 30.3 Å². The molecule has 1 aromatic carbocycles. The molecule has 0 atom stereocenters. The van der Waals surface area contributed by atoms with E-state index in [2.05, 4.69) is 10.1 Å². The van der Waals surface area contributed by atoms with Gasteiger partial charge < -0.3 is 26.6 Å². The summed E-state index contributed by atoms with van der Waals surface area (Å²) in [6.45, 7) is 0.0182. The van der Waals surface area contributed by atoms with E-state index in [0.29, 0.717) is 0 Å². The Morgan fingerprint density at radius 2 is 2.11 bits per heavy atom. The molecule has 0 aromatic heterocycles. The van der Waals surface area contributed by atoms with Crippen molar-refractivity contribution in [3.8, 4) is 0 Å². The van der Waals surface area contributed by atoms with Crippen LogP contribution in [0.1, 0.15) is 10.4 Å². The van der Waals surface area contributed by atoms with Gasteiger partial charge in [-0.15, -0.1) is 0 Å². The van der Waals surface area contributed by atoms with E-state index in [4.69, 9.17) is 16.6 Å². The van der Waals surface area contributed by atoms with Gasteiger partial charge in [0.05, 0.1) is 11.3 Å². The molecule has 0 unspecified atom stereocenters. The van der Waals surface area contributed by atoms with Crippen molar-refractivity contribution in [2.24, 2.45) is 5.73 Å². The lowest BCUT2D eigenvalue weighted by Gasteiger charge is -2.10. The summed E-state index contributed by atoms with van der Waals surface area (Å²) in [5, 5.41) is 11.4. The highest BCUT2D eigenvalue weighted by Gasteiger charge is 2.12. The number of aromatic carboxylic acids is 1. The van der Waals surface area contributed by atoms with Crippen molar-refractivity contribution in [3.63, 3.8) is 0 Å². The van der Waals surface area contributed by atoms with Crippen LogP contribution in [0.5, 0.6) is 0 Å². The molecular weight excluding hydrogens is 245 g/mol. The van der Waals surface area contributed by atoms with E-state index in [1.54, 1.807) is 0 Å². The Bertz CT molecular complexity index is 478. The number of hydrogen-bond donors (Lipinski definition) is 4. The third-order valence-corrected chi connectivity index (χ3v) is 2.03. The number of rotatable bonds is 5. The Balaban J connectivity index is 2.73. The summed E-state index contributed by atoms with van der Waals surface area (Å²) in [5.41, 5.74) is 9.65. The normalized spacial score (nSPS) is 9.83. The van der Waals surface area contributed by atoms with Crippen LogP contribution in [0.2, 0.25) is 0 Å². The average molecular weight is 257 g/mol. The minimum absolute atomic E-state index is 0.0466. The lowest BCUT2D eigenvalue weighted by molar-refractivity contribution is 0.0698. The van der Waals surface area contributed by atoms with Crippen LogP contribution in [0, 0.1) is 5.82 Å². The topological polar surface area (TPSA) is 128 Å². The van der Waals surface area contributed by atoms with Crippen LogP contribution in [0.3, 0.4) is 0 Å². The van der Waals surface area contributed by atoms with Gasteiger partial charge in [-0.1, -0.05) is 0 Å². The van der Waals surface area contributed by atoms with Gasteiger partial charge in [-0.3, -0.25) is 0 Å². The fraction of sp³-hybridized carbons (Fsp3) is 0.200. The molecule has 0 bridgehead atoms. The summed E-state index contributed by atoms with van der Waals surface area (Å²) < 4.78 is 17.8. The number of anilines is 2. The zero-order valence-electron chi connectivity index (χ0n) is 9.27. The molecule has 0 spiro atoms. The number of halogens is 1. The van der Waals surface area contributed by atoms with Crippen LogP contribution in [-0.2, 0) is 4.74 Å². The largest absolute Gasteiger partial charge is 0.478 e. The molecule has 98 valence electrons. The molecule has 18 heavy (non-hydrogen) atoms. The molecule has 0 radical (unpaired) electrons. The summed E-state index contributed by atoms with van der Waals surface area (Å²) in [6.07, 6.45) is -0.944. The van der Waals surface area contributed by atoms with Crippen LogP contribution in [0.25, 0.3) is 0 Å². The molecule has 1 rings (SSSR count). The van der Waals surface area contributed by atoms with Gasteiger partial charge in [0.2, 0.25) is 0 Å². The van der Waals surface area contributed by atoms with Gasteiger partial charge in [0, 0.05) is 12.2 Å². The third-order valence-electron chi connectivity index (χ3n) is 2.03. The number of carboxylic acids is 1. The van der Waals surface area contributed by atoms with E-state index in [1.165, 1.54) is 0 Å². The molecule has 0 aliphatic rings. The van der Waals surface area contributed by atoms with Gasteiger partial charge in [0.25, 0.3) is 0 Å². The first-order valence-corrected chi connectivity index (χ1v) is 4.90. The highest BCUT2D eigenvalue weighted by molar-refractivity contribution is 5.94. The SMILES string of the molecule is NC(=O)OCCNc1cc(C(=O)O)c(N)cc1F. The van der Waals surface area contributed by atoms with Gasteiger partial charge in [-0.2, -0.15) is 0 Å². The fourth-order valence-electron chi connectivity index (χ4n) is 1.25. The molecule has 0 saturated carbocycles. The summed E-state index contributed by atoms with van der Waals surface area (Å²) in [5.74, 6) is -1.96. The standard InChI is InChI=1S/C10H12FN3O4/c11-6-4-7(12)5(9(15)16)3-8(6)14-1-2-18-10(13)17/h3-4,14H,1-2,12H2,(H2,13,17)(H,15,16). The van der Waals surface area contributed by atoms with Gasteiger partial charge in [0.15, 0.2) is 0 Å². The van der Waals surface area contributed by atoms with Crippen LogP contribution in [0.15, 0.2) is 12.1 Å². The summed E-state index contributed by atoms with van der Waals surface area (Å²) in [6, 6.07) is 1.97. The highest BCUT2D eigenvalue weighted by Crippen LogP contribution is 2.22. The minimum Gasteiger partial charge on any atom is -0.478 e. The van der Waals surface area contributed by atoms with E-state index >= 15 is 0 Å². The highest BCUT2D eigenvalue weighted by atomic mass is 19.1. The molecule has 8 heteroatoms. The first kappa shape index (κ1) is 13.6. The smallest absolute Gasteiger partial charge is 0.404 e. The van der Waals surface area contributed by atoms with E-state index in [0.717, 1.165) is 12.1 Å². The number of nitrogens with one attached hydrogen (secondary N) is 1. The Labute approximate surface area is 102 Å². The van der Waals surface area contributed by atoms with E-state index in [9.17, 15) is 14.0 Å². The second kappa shape index (κ2) is 5.71. The van der Waals surface area contributed by atoms with E-state index in [1.807, 2.05) is 0 Å². The Morgan fingerprint density at radius 3 is 2.67 bits per heavy atom. The summed E-state index contributed by atoms with van der Waals surface area (Å²) in [4.78, 5) is 21.1. The average Bonchev–Trinajstić information content (AvgIpc) is 2.25. The van der Waals surface area contributed by atoms with Crippen molar-refractivity contribution in [1.29, 1.82) is 0 Å². The van der Waals surface area contributed by atoms with Crippen molar-refractivity contribution in [3.05, 3.63) is 23.5 Å². The number of carboxylic acid groups (broad SMARTS) is 1. The van der Waals surface area contributed by atoms with E-state index in [-0.39, 0.29) is 30.1 Å². The molecule has 0 saturated heterocycles. The first-order valence-electron chi connectivity index (χ1n) is 4.90. The second-order valence-corrected chi connectivity index (χ2v) is 3.32. The maximum absolute atomic E-state index is 13.4. The minimum atomic E-state index is -1.26. The molecule has 0 heterocycles. The number of nitrogens with two attached hydrogens (primary N) is 2. The lowest BCUT2D eigenvalue weighted by Crippen LogP contribution is -2.19. The zero-order chi connectivity index (χ0) is 13.7. The molecule has 0 aliphatic carbocycles. The molecule has 1 aromatic rings. The molecule has 7 nitrogen and oxygen atoms in total. The Kier molecular flexibility index (Phi) is 4.30. The quantitative estimate of drug-likeness (QED) is 0.452. The first-order chi connectivity index (χ1) is 8.41. The van der Waals surface area contributed by atoms with Crippen molar-refractivity contribution >= 4 is 23.4 Å². The van der Waals surface area contributed by atoms with E-state index < -0.39 is 17.9 Å². The second-order valence-electron chi connectivity index (χ2n) is 3.32. The van der Waals surface area contributed by atoms with Crippen molar-refractivity contribution < 1.29 is 23.8 Å². The maximum atomic E-state index is 13.4. The van der Waals surface area contributed by atoms with Crippen LogP contribution >= 0.6 is 0 Å².